The molecule has 0 saturated carbocycles. The van der Waals surface area contributed by atoms with Gasteiger partial charge in [0.1, 0.15) is 11.8 Å². The molecular weight excluding hydrogens is 454 g/mol. The summed E-state index contributed by atoms with van der Waals surface area (Å²) in [5.74, 6) is 0.513. The molecule has 0 aromatic heterocycles. The van der Waals surface area contributed by atoms with Gasteiger partial charge >= 0.3 is 0 Å². The lowest BCUT2D eigenvalue weighted by Crippen LogP contribution is -2.55. The summed E-state index contributed by atoms with van der Waals surface area (Å²) in [6, 6.07) is 16.8. The van der Waals surface area contributed by atoms with Gasteiger partial charge in [-0.05, 0) is 56.0 Å². The summed E-state index contributed by atoms with van der Waals surface area (Å²) in [4.78, 5) is 28.7. The number of benzene rings is 2. The summed E-state index contributed by atoms with van der Waals surface area (Å²) in [5.41, 5.74) is 1.04. The van der Waals surface area contributed by atoms with Crippen molar-refractivity contribution in [3.63, 3.8) is 0 Å². The molecule has 1 aliphatic heterocycles. The molecule has 3 rings (SSSR count). The zero-order chi connectivity index (χ0) is 26.0. The monoisotopic (exact) mass is 495 g/mol. The first-order valence-corrected chi connectivity index (χ1v) is 13.0. The van der Waals surface area contributed by atoms with Gasteiger partial charge in [0.15, 0.2) is 5.60 Å². The molecule has 36 heavy (non-hydrogen) atoms. The fraction of sp³-hybridized carbons (Fsp3) is 0.517. The normalized spacial score (nSPS) is 15.4. The third kappa shape index (κ3) is 8.64. The van der Waals surface area contributed by atoms with Crippen LogP contribution in [-0.4, -0.2) is 67.7 Å². The Kier molecular flexibility index (Phi) is 10.3. The van der Waals surface area contributed by atoms with Crippen molar-refractivity contribution < 1.29 is 19.1 Å². The Morgan fingerprint density at radius 2 is 1.69 bits per heavy atom. The van der Waals surface area contributed by atoms with Crippen LogP contribution < -0.4 is 15.4 Å². The molecule has 0 aliphatic carbocycles. The van der Waals surface area contributed by atoms with E-state index in [1.807, 2.05) is 54.6 Å². The zero-order valence-corrected chi connectivity index (χ0v) is 22.1. The lowest BCUT2D eigenvalue weighted by atomic mass is 10.0. The van der Waals surface area contributed by atoms with Crippen LogP contribution in [0.4, 0.5) is 0 Å². The van der Waals surface area contributed by atoms with Crippen LogP contribution in [0.2, 0.25) is 0 Å². The van der Waals surface area contributed by atoms with E-state index in [4.69, 9.17) is 9.47 Å². The van der Waals surface area contributed by atoms with E-state index >= 15 is 0 Å². The smallest absolute Gasteiger partial charge is 0.264 e. The number of carbonyl (C=O) groups excluding carboxylic acids is 2. The summed E-state index contributed by atoms with van der Waals surface area (Å²) in [7, 11) is 0. The van der Waals surface area contributed by atoms with Crippen molar-refractivity contribution in [2.75, 3.05) is 39.4 Å². The lowest BCUT2D eigenvalue weighted by Gasteiger charge is -2.28. The Labute approximate surface area is 215 Å². The van der Waals surface area contributed by atoms with E-state index in [1.54, 1.807) is 13.8 Å². The van der Waals surface area contributed by atoms with E-state index in [9.17, 15) is 9.59 Å². The number of morpholine rings is 1. The number of nitrogens with one attached hydrogen (secondary N) is 2. The molecule has 1 aliphatic rings. The number of nitrogens with zero attached hydrogens (tertiary/aromatic N) is 1. The van der Waals surface area contributed by atoms with Crippen LogP contribution in [0.3, 0.4) is 0 Å². The average molecular weight is 496 g/mol. The summed E-state index contributed by atoms with van der Waals surface area (Å²) < 4.78 is 11.4. The summed E-state index contributed by atoms with van der Waals surface area (Å²) >= 11 is 0. The Balaban J connectivity index is 1.59. The summed E-state index contributed by atoms with van der Waals surface area (Å²) in [6.07, 6.45) is 1.25. The van der Waals surface area contributed by atoms with Gasteiger partial charge in [-0.3, -0.25) is 14.5 Å². The maximum atomic E-state index is 13.3. The van der Waals surface area contributed by atoms with E-state index in [-0.39, 0.29) is 11.8 Å². The van der Waals surface area contributed by atoms with E-state index < -0.39 is 11.6 Å². The predicted octanol–water partition coefficient (Wildman–Crippen LogP) is 3.53. The van der Waals surface area contributed by atoms with Crippen LogP contribution in [-0.2, 0) is 20.7 Å². The molecule has 2 amide bonds. The van der Waals surface area contributed by atoms with Crippen molar-refractivity contribution in [2.45, 2.75) is 58.1 Å². The Bertz CT molecular complexity index is 954. The highest BCUT2D eigenvalue weighted by atomic mass is 16.5. The number of carbonyl (C=O) groups is 2. The van der Waals surface area contributed by atoms with E-state index in [1.165, 1.54) is 5.56 Å². The molecule has 1 heterocycles. The molecule has 7 heteroatoms. The average Bonchev–Trinajstić information content (AvgIpc) is 2.87. The minimum Gasteiger partial charge on any atom is -0.478 e. The van der Waals surface area contributed by atoms with Crippen molar-refractivity contribution in [3.05, 3.63) is 65.7 Å². The second kappa shape index (κ2) is 13.4. The largest absolute Gasteiger partial charge is 0.478 e. The third-order valence-electron chi connectivity index (χ3n) is 6.43. The fourth-order valence-electron chi connectivity index (χ4n) is 4.12. The Morgan fingerprint density at radius 1 is 1.03 bits per heavy atom. The summed E-state index contributed by atoms with van der Waals surface area (Å²) in [6.45, 7) is 12.5. The SMILES string of the molecule is CC(C)c1ccc(OC(C)(C)C(=O)N[C@@H](Cc2ccccc2)C(=O)NCCCN2CCOCC2)cc1. The van der Waals surface area contributed by atoms with Crippen molar-refractivity contribution >= 4 is 11.8 Å². The predicted molar refractivity (Wildman–Crippen MR) is 142 cm³/mol. The minimum atomic E-state index is -1.15. The molecule has 2 aromatic carbocycles. The van der Waals surface area contributed by atoms with E-state index in [2.05, 4.69) is 29.4 Å². The quantitative estimate of drug-likeness (QED) is 0.441. The van der Waals surface area contributed by atoms with Crippen LogP contribution in [0.1, 0.15) is 51.2 Å². The molecule has 2 N–H and O–H groups in total. The molecule has 0 radical (unpaired) electrons. The molecule has 0 spiro atoms. The van der Waals surface area contributed by atoms with Gasteiger partial charge < -0.3 is 20.1 Å². The highest BCUT2D eigenvalue weighted by molar-refractivity contribution is 5.91. The standard InChI is InChI=1S/C29H41N3O4/c1-22(2)24-11-13-25(14-12-24)36-29(3,4)28(34)31-26(21-23-9-6-5-7-10-23)27(33)30-15-8-16-32-17-19-35-20-18-32/h5-7,9-14,22,26H,8,15-21H2,1-4H3,(H,30,33)(H,31,34)/t26-/m0/s1. The first kappa shape index (κ1) is 27.7. The fourth-order valence-corrected chi connectivity index (χ4v) is 4.12. The number of hydrogen-bond acceptors (Lipinski definition) is 5. The van der Waals surface area contributed by atoms with Gasteiger partial charge in [-0.2, -0.15) is 0 Å². The summed E-state index contributed by atoms with van der Waals surface area (Å²) in [5, 5.41) is 5.96. The molecular formula is C29H41N3O4. The van der Waals surface area contributed by atoms with Crippen LogP contribution in [0, 0.1) is 0 Å². The van der Waals surface area contributed by atoms with Gasteiger partial charge in [0.05, 0.1) is 13.2 Å². The Hall–Kier alpha value is -2.90. The van der Waals surface area contributed by atoms with Gasteiger partial charge in [-0.15, -0.1) is 0 Å². The van der Waals surface area contributed by atoms with E-state index in [0.29, 0.717) is 24.6 Å². The van der Waals surface area contributed by atoms with Gasteiger partial charge in [0.2, 0.25) is 5.91 Å². The maximum absolute atomic E-state index is 13.3. The Morgan fingerprint density at radius 3 is 2.33 bits per heavy atom. The number of ether oxygens (including phenoxy) is 2. The molecule has 1 atom stereocenters. The van der Waals surface area contributed by atoms with Gasteiger partial charge in [0, 0.05) is 26.1 Å². The molecule has 2 aromatic rings. The minimum absolute atomic E-state index is 0.189. The molecule has 7 nitrogen and oxygen atoms in total. The van der Waals surface area contributed by atoms with Gasteiger partial charge in [0.25, 0.3) is 5.91 Å². The van der Waals surface area contributed by atoms with Crippen LogP contribution >= 0.6 is 0 Å². The topological polar surface area (TPSA) is 79.9 Å². The molecule has 0 unspecified atom stereocenters. The van der Waals surface area contributed by atoms with Crippen LogP contribution in [0.15, 0.2) is 54.6 Å². The highest BCUT2D eigenvalue weighted by Crippen LogP contribution is 2.22. The number of rotatable bonds is 12. The van der Waals surface area contributed by atoms with Gasteiger partial charge in [-0.1, -0.05) is 56.3 Å². The first-order chi connectivity index (χ1) is 17.2. The first-order valence-electron chi connectivity index (χ1n) is 13.0. The van der Waals surface area contributed by atoms with Crippen molar-refractivity contribution in [2.24, 2.45) is 0 Å². The molecule has 196 valence electrons. The number of hydrogen-bond donors (Lipinski definition) is 2. The second-order valence-electron chi connectivity index (χ2n) is 10.2. The zero-order valence-electron chi connectivity index (χ0n) is 22.1. The molecule has 1 fully saturated rings. The third-order valence-corrected chi connectivity index (χ3v) is 6.43. The molecule has 1 saturated heterocycles. The van der Waals surface area contributed by atoms with Crippen LogP contribution in [0.5, 0.6) is 5.75 Å². The van der Waals surface area contributed by atoms with E-state index in [0.717, 1.165) is 44.8 Å². The van der Waals surface area contributed by atoms with Crippen molar-refractivity contribution in [3.8, 4) is 5.75 Å². The highest BCUT2D eigenvalue weighted by Gasteiger charge is 2.33. The molecule has 0 bridgehead atoms. The van der Waals surface area contributed by atoms with Crippen molar-refractivity contribution in [1.29, 1.82) is 0 Å². The van der Waals surface area contributed by atoms with Gasteiger partial charge in [-0.25, -0.2) is 0 Å². The van der Waals surface area contributed by atoms with Crippen LogP contribution in [0.25, 0.3) is 0 Å². The lowest BCUT2D eigenvalue weighted by molar-refractivity contribution is -0.137. The maximum Gasteiger partial charge on any atom is 0.264 e. The second-order valence-corrected chi connectivity index (χ2v) is 10.2. The van der Waals surface area contributed by atoms with Crippen molar-refractivity contribution in [1.82, 2.24) is 15.5 Å². The number of amides is 2.